The van der Waals surface area contributed by atoms with Crippen LogP contribution in [0.1, 0.15) is 52.9 Å². The summed E-state index contributed by atoms with van der Waals surface area (Å²) in [5.74, 6) is 1.69. The van der Waals surface area contributed by atoms with Crippen LogP contribution in [0.2, 0.25) is 5.02 Å². The maximum Gasteiger partial charge on any atom is 0.138 e. The molecule has 20 heavy (non-hydrogen) atoms. The van der Waals surface area contributed by atoms with Crippen LogP contribution < -0.4 is 10.1 Å². The summed E-state index contributed by atoms with van der Waals surface area (Å²) in [6, 6.07) is 6.59. The first-order valence-electron chi connectivity index (χ1n) is 7.81. The van der Waals surface area contributed by atoms with E-state index in [9.17, 15) is 0 Å². The zero-order chi connectivity index (χ0) is 14.5. The number of hydrogen-bond acceptors (Lipinski definition) is 2. The Bertz CT molecular complexity index is 425. The Kier molecular flexibility index (Phi) is 5.59. The number of hydrogen-bond donors (Lipinski definition) is 1. The van der Waals surface area contributed by atoms with Crippen LogP contribution in [-0.4, -0.2) is 12.1 Å². The SMILES string of the molecule is CCC1CCC(Nc2ccc(OC(C)C)c(Cl)c2)CC1. The molecule has 0 spiro atoms. The summed E-state index contributed by atoms with van der Waals surface area (Å²) in [5, 5.41) is 4.29. The number of nitrogens with one attached hydrogen (secondary N) is 1. The van der Waals surface area contributed by atoms with Gasteiger partial charge in [0, 0.05) is 11.7 Å². The van der Waals surface area contributed by atoms with Crippen molar-refractivity contribution in [1.29, 1.82) is 0 Å². The van der Waals surface area contributed by atoms with Gasteiger partial charge in [0.1, 0.15) is 5.75 Å². The number of rotatable bonds is 5. The van der Waals surface area contributed by atoms with E-state index in [1.54, 1.807) is 0 Å². The van der Waals surface area contributed by atoms with Gasteiger partial charge in [0.25, 0.3) is 0 Å². The molecule has 1 saturated carbocycles. The highest BCUT2D eigenvalue weighted by Gasteiger charge is 2.19. The third-order valence-electron chi connectivity index (χ3n) is 4.09. The fourth-order valence-electron chi connectivity index (χ4n) is 2.89. The molecular weight excluding hydrogens is 270 g/mol. The maximum absolute atomic E-state index is 6.27. The largest absolute Gasteiger partial charge is 0.489 e. The zero-order valence-electron chi connectivity index (χ0n) is 12.8. The second-order valence-electron chi connectivity index (χ2n) is 6.08. The van der Waals surface area contributed by atoms with Gasteiger partial charge in [-0.05, 0) is 63.6 Å². The molecule has 3 heteroatoms. The first kappa shape index (κ1) is 15.5. The van der Waals surface area contributed by atoms with Crippen LogP contribution in [0, 0.1) is 5.92 Å². The van der Waals surface area contributed by atoms with Gasteiger partial charge in [-0.3, -0.25) is 0 Å². The van der Waals surface area contributed by atoms with Crippen LogP contribution in [0.4, 0.5) is 5.69 Å². The molecule has 1 aromatic carbocycles. The van der Waals surface area contributed by atoms with E-state index in [4.69, 9.17) is 16.3 Å². The lowest BCUT2D eigenvalue weighted by Crippen LogP contribution is -2.25. The Hall–Kier alpha value is -0.890. The van der Waals surface area contributed by atoms with E-state index in [1.165, 1.54) is 32.1 Å². The Balaban J connectivity index is 1.92. The third-order valence-corrected chi connectivity index (χ3v) is 4.38. The molecule has 1 N–H and O–H groups in total. The summed E-state index contributed by atoms with van der Waals surface area (Å²) >= 11 is 6.27. The smallest absolute Gasteiger partial charge is 0.138 e. The third kappa shape index (κ3) is 4.31. The van der Waals surface area contributed by atoms with Crippen LogP contribution in [0.25, 0.3) is 0 Å². The van der Waals surface area contributed by atoms with Crippen molar-refractivity contribution in [3.8, 4) is 5.75 Å². The first-order chi connectivity index (χ1) is 9.58. The molecule has 0 saturated heterocycles. The minimum absolute atomic E-state index is 0.149. The number of ether oxygens (including phenoxy) is 1. The first-order valence-corrected chi connectivity index (χ1v) is 8.19. The van der Waals surface area contributed by atoms with Crippen LogP contribution in [0.15, 0.2) is 18.2 Å². The molecule has 1 aromatic rings. The Morgan fingerprint density at radius 3 is 2.50 bits per heavy atom. The highest BCUT2D eigenvalue weighted by molar-refractivity contribution is 6.32. The average molecular weight is 296 g/mol. The number of benzene rings is 1. The fourth-order valence-corrected chi connectivity index (χ4v) is 3.12. The van der Waals surface area contributed by atoms with E-state index in [0.29, 0.717) is 11.1 Å². The van der Waals surface area contributed by atoms with Crippen molar-refractivity contribution in [3.05, 3.63) is 23.2 Å². The molecule has 1 aliphatic carbocycles. The topological polar surface area (TPSA) is 21.3 Å². The molecule has 0 atom stereocenters. The molecule has 0 bridgehead atoms. The Morgan fingerprint density at radius 2 is 1.95 bits per heavy atom. The predicted octanol–water partition coefficient (Wildman–Crippen LogP) is 5.51. The van der Waals surface area contributed by atoms with E-state index < -0.39 is 0 Å². The predicted molar refractivity (Wildman–Crippen MR) is 86.9 cm³/mol. The van der Waals surface area contributed by atoms with Crippen LogP contribution in [-0.2, 0) is 0 Å². The Labute approximate surface area is 127 Å². The molecule has 0 unspecified atom stereocenters. The summed E-state index contributed by atoms with van der Waals surface area (Å²) in [6.45, 7) is 6.31. The average Bonchev–Trinajstić information content (AvgIpc) is 2.42. The van der Waals surface area contributed by atoms with Gasteiger partial charge in [-0.15, -0.1) is 0 Å². The van der Waals surface area contributed by atoms with Gasteiger partial charge in [0.2, 0.25) is 0 Å². The molecule has 2 nitrogen and oxygen atoms in total. The van der Waals surface area contributed by atoms with Crippen LogP contribution >= 0.6 is 11.6 Å². The van der Waals surface area contributed by atoms with Crippen molar-refractivity contribution in [2.75, 3.05) is 5.32 Å². The minimum Gasteiger partial charge on any atom is -0.489 e. The molecule has 112 valence electrons. The summed E-state index contributed by atoms with van der Waals surface area (Å²) in [5.41, 5.74) is 1.10. The lowest BCUT2D eigenvalue weighted by molar-refractivity contribution is 0.242. The van der Waals surface area contributed by atoms with E-state index in [1.807, 2.05) is 26.0 Å². The second-order valence-corrected chi connectivity index (χ2v) is 6.49. The molecule has 1 aliphatic rings. The minimum atomic E-state index is 0.149. The summed E-state index contributed by atoms with van der Waals surface area (Å²) < 4.78 is 5.66. The maximum atomic E-state index is 6.27. The van der Waals surface area contributed by atoms with Gasteiger partial charge in [-0.1, -0.05) is 24.9 Å². The molecule has 0 amide bonds. The summed E-state index contributed by atoms with van der Waals surface area (Å²) in [4.78, 5) is 0. The molecular formula is C17H26ClNO. The summed E-state index contributed by atoms with van der Waals surface area (Å²) in [7, 11) is 0. The van der Waals surface area contributed by atoms with Crippen molar-refractivity contribution >= 4 is 17.3 Å². The van der Waals surface area contributed by atoms with E-state index in [2.05, 4.69) is 18.3 Å². The highest BCUT2D eigenvalue weighted by atomic mass is 35.5. The van der Waals surface area contributed by atoms with Crippen molar-refractivity contribution < 1.29 is 4.74 Å². The molecule has 2 rings (SSSR count). The van der Waals surface area contributed by atoms with Gasteiger partial charge in [0.15, 0.2) is 0 Å². The highest BCUT2D eigenvalue weighted by Crippen LogP contribution is 2.32. The quantitative estimate of drug-likeness (QED) is 0.773. The van der Waals surface area contributed by atoms with Crippen molar-refractivity contribution in [2.24, 2.45) is 5.92 Å². The number of anilines is 1. The fraction of sp³-hybridized carbons (Fsp3) is 0.647. The van der Waals surface area contributed by atoms with Gasteiger partial charge in [-0.2, -0.15) is 0 Å². The van der Waals surface area contributed by atoms with Crippen molar-refractivity contribution in [3.63, 3.8) is 0 Å². The van der Waals surface area contributed by atoms with Crippen LogP contribution in [0.3, 0.4) is 0 Å². The van der Waals surface area contributed by atoms with Crippen molar-refractivity contribution in [2.45, 2.75) is 65.0 Å². The summed E-state index contributed by atoms with van der Waals surface area (Å²) in [6.07, 6.45) is 6.68. The second kappa shape index (κ2) is 7.21. The molecule has 0 heterocycles. The van der Waals surface area contributed by atoms with Crippen LogP contribution in [0.5, 0.6) is 5.75 Å². The standard InChI is InChI=1S/C17H26ClNO/c1-4-13-5-7-14(8-6-13)19-15-9-10-17(16(18)11-15)20-12(2)3/h9-14,19H,4-8H2,1-3H3. The molecule has 1 fully saturated rings. The molecule has 0 aromatic heterocycles. The van der Waals surface area contributed by atoms with Gasteiger partial charge >= 0.3 is 0 Å². The molecule has 0 radical (unpaired) electrons. The van der Waals surface area contributed by atoms with Gasteiger partial charge in [0.05, 0.1) is 11.1 Å². The van der Waals surface area contributed by atoms with E-state index in [0.717, 1.165) is 17.4 Å². The number of halogens is 1. The lowest BCUT2D eigenvalue weighted by Gasteiger charge is -2.29. The van der Waals surface area contributed by atoms with Gasteiger partial charge in [-0.25, -0.2) is 0 Å². The lowest BCUT2D eigenvalue weighted by atomic mass is 9.84. The zero-order valence-corrected chi connectivity index (χ0v) is 13.5. The normalized spacial score (nSPS) is 22.9. The molecule has 0 aliphatic heterocycles. The monoisotopic (exact) mass is 295 g/mol. The van der Waals surface area contributed by atoms with E-state index in [-0.39, 0.29) is 6.10 Å². The van der Waals surface area contributed by atoms with E-state index >= 15 is 0 Å². The van der Waals surface area contributed by atoms with Crippen molar-refractivity contribution in [1.82, 2.24) is 0 Å². The Morgan fingerprint density at radius 1 is 1.25 bits per heavy atom. The van der Waals surface area contributed by atoms with Gasteiger partial charge < -0.3 is 10.1 Å².